The topological polar surface area (TPSA) is 102 Å². The van der Waals surface area contributed by atoms with Crippen LogP contribution in [0.2, 0.25) is 0 Å². The third kappa shape index (κ3) is 8.95. The van der Waals surface area contributed by atoms with E-state index < -0.39 is 0 Å². The van der Waals surface area contributed by atoms with Crippen molar-refractivity contribution in [3.63, 3.8) is 0 Å². The number of hydrogen-bond donors (Lipinski definition) is 0. The summed E-state index contributed by atoms with van der Waals surface area (Å²) in [5.74, 6) is -0.562. The Morgan fingerprint density at radius 1 is 0.386 bits per heavy atom. The van der Waals surface area contributed by atoms with Crippen LogP contribution >= 0.6 is 0 Å². The Morgan fingerprint density at radius 3 is 0.955 bits per heavy atom. The minimum atomic E-state index is -0.271. The highest BCUT2D eigenvalue weighted by atomic mass is 16.1. The molecule has 0 N–H and O–H groups in total. The lowest BCUT2D eigenvalue weighted by Crippen LogP contribution is -2.27. The molecule has 0 aromatic heterocycles. The van der Waals surface area contributed by atoms with Gasteiger partial charge in [0.05, 0.1) is 0 Å². The lowest BCUT2D eigenvalue weighted by atomic mass is 9.75. The van der Waals surface area contributed by atoms with Crippen molar-refractivity contribution in [1.82, 2.24) is 0 Å². The van der Waals surface area contributed by atoms with Crippen LogP contribution in [0.25, 0.3) is 11.1 Å². The van der Waals surface area contributed by atoms with Crippen LogP contribution in [0.3, 0.4) is 0 Å². The number of carbonyl (C=O) groups excluding carboxylic acids is 6. The molecule has 2 aromatic carbocycles. The molecule has 44 heavy (non-hydrogen) atoms. The highest BCUT2D eigenvalue weighted by molar-refractivity contribution is 6.43. The van der Waals surface area contributed by atoms with Crippen LogP contribution in [0.15, 0.2) is 120 Å². The monoisotopic (exact) mass is 588 g/mol. The van der Waals surface area contributed by atoms with E-state index in [9.17, 15) is 28.8 Å². The number of benzene rings is 2. The summed E-state index contributed by atoms with van der Waals surface area (Å²) in [4.78, 5) is 68.9. The molecule has 0 radical (unpaired) electrons. The summed E-state index contributed by atoms with van der Waals surface area (Å²) in [6.07, 6.45) is 10.9. The lowest BCUT2D eigenvalue weighted by molar-refractivity contribution is -0.116. The molecule has 2 aromatic rings. The maximum absolute atomic E-state index is 12.2. The van der Waals surface area contributed by atoms with Gasteiger partial charge in [-0.2, -0.15) is 0 Å². The SMILES string of the molecule is CC(C)(C)C1=CC(=O)C(C(C)(C)C)=CC1=O.O=C1C=C(c2ccccc2)C(=O)C=C1c1ccccc1.O=C1C=CC(=O)C=C1. The van der Waals surface area contributed by atoms with E-state index in [4.69, 9.17) is 0 Å². The molecular formula is C38H36O6. The molecule has 0 atom stereocenters. The Bertz CT molecular complexity index is 1530. The molecule has 0 fully saturated rings. The van der Waals surface area contributed by atoms with Crippen LogP contribution in [0.1, 0.15) is 52.7 Å². The maximum atomic E-state index is 12.2. The van der Waals surface area contributed by atoms with E-state index in [1.165, 1.54) is 48.6 Å². The summed E-state index contributed by atoms with van der Waals surface area (Å²) >= 11 is 0. The van der Waals surface area contributed by atoms with Crippen molar-refractivity contribution in [3.8, 4) is 0 Å². The van der Waals surface area contributed by atoms with E-state index in [0.29, 0.717) is 22.3 Å². The molecule has 0 saturated carbocycles. The molecule has 3 aliphatic carbocycles. The van der Waals surface area contributed by atoms with E-state index in [1.54, 1.807) is 0 Å². The van der Waals surface area contributed by atoms with Gasteiger partial charge in [-0.1, -0.05) is 102 Å². The Balaban J connectivity index is 0.000000197. The summed E-state index contributed by atoms with van der Waals surface area (Å²) < 4.78 is 0. The van der Waals surface area contributed by atoms with Gasteiger partial charge in [0.2, 0.25) is 0 Å². The summed E-state index contributed by atoms with van der Waals surface area (Å²) in [5, 5.41) is 0. The number of hydrogen-bond acceptors (Lipinski definition) is 6. The van der Waals surface area contributed by atoms with Gasteiger partial charge in [0.25, 0.3) is 0 Å². The van der Waals surface area contributed by atoms with Crippen molar-refractivity contribution in [1.29, 1.82) is 0 Å². The Hall–Kier alpha value is -5.10. The quantitative estimate of drug-likeness (QED) is 0.365. The van der Waals surface area contributed by atoms with Crippen LogP contribution in [-0.2, 0) is 28.8 Å². The van der Waals surface area contributed by atoms with Gasteiger partial charge in [-0.15, -0.1) is 0 Å². The molecule has 6 nitrogen and oxygen atoms in total. The molecule has 224 valence electrons. The first-order valence-electron chi connectivity index (χ1n) is 14.2. The second-order valence-corrected chi connectivity index (χ2v) is 12.4. The van der Waals surface area contributed by atoms with E-state index in [1.807, 2.05) is 102 Å². The Kier molecular flexibility index (Phi) is 10.6. The van der Waals surface area contributed by atoms with Gasteiger partial charge in [0.15, 0.2) is 34.7 Å². The second kappa shape index (κ2) is 13.9. The fraction of sp³-hybridized carbons (Fsp3) is 0.211. The van der Waals surface area contributed by atoms with Crippen molar-refractivity contribution in [2.45, 2.75) is 41.5 Å². The number of ketones is 6. The predicted octanol–water partition coefficient (Wildman–Crippen LogP) is 6.64. The van der Waals surface area contributed by atoms with Gasteiger partial charge in [0, 0.05) is 22.3 Å². The van der Waals surface area contributed by atoms with Gasteiger partial charge < -0.3 is 0 Å². The molecule has 0 bridgehead atoms. The zero-order valence-electron chi connectivity index (χ0n) is 25.8. The van der Waals surface area contributed by atoms with Crippen LogP contribution < -0.4 is 0 Å². The van der Waals surface area contributed by atoms with E-state index in [0.717, 1.165) is 11.1 Å². The van der Waals surface area contributed by atoms with Crippen LogP contribution in [-0.4, -0.2) is 34.7 Å². The average molecular weight is 589 g/mol. The van der Waals surface area contributed by atoms with Gasteiger partial charge >= 0.3 is 0 Å². The highest BCUT2D eigenvalue weighted by Crippen LogP contribution is 2.34. The molecule has 6 heteroatoms. The fourth-order valence-corrected chi connectivity index (χ4v) is 4.42. The summed E-state index contributed by atoms with van der Waals surface area (Å²) in [7, 11) is 0. The fourth-order valence-electron chi connectivity index (χ4n) is 4.42. The summed E-state index contributed by atoms with van der Waals surface area (Å²) in [6.45, 7) is 11.7. The van der Waals surface area contributed by atoms with Crippen molar-refractivity contribution < 1.29 is 28.8 Å². The third-order valence-electron chi connectivity index (χ3n) is 6.77. The Labute approximate surface area is 258 Å². The molecule has 5 rings (SSSR count). The zero-order valence-corrected chi connectivity index (χ0v) is 25.8. The Morgan fingerprint density at radius 2 is 0.682 bits per heavy atom. The summed E-state index contributed by atoms with van der Waals surface area (Å²) in [5.41, 5.74) is 3.12. The normalized spacial score (nSPS) is 16.6. The van der Waals surface area contributed by atoms with Crippen molar-refractivity contribution in [2.24, 2.45) is 10.8 Å². The summed E-state index contributed by atoms with van der Waals surface area (Å²) in [6, 6.07) is 18.5. The largest absolute Gasteiger partial charge is 0.290 e. The van der Waals surface area contributed by atoms with E-state index >= 15 is 0 Å². The third-order valence-corrected chi connectivity index (χ3v) is 6.77. The van der Waals surface area contributed by atoms with Crippen LogP contribution in [0.5, 0.6) is 0 Å². The minimum Gasteiger partial charge on any atom is -0.290 e. The molecule has 0 aliphatic heterocycles. The predicted molar refractivity (Wildman–Crippen MR) is 172 cm³/mol. The molecule has 0 amide bonds. The molecule has 0 spiro atoms. The van der Waals surface area contributed by atoms with Gasteiger partial charge in [-0.05, 0) is 70.6 Å². The minimum absolute atomic E-state index is 0.0305. The van der Waals surface area contributed by atoms with E-state index in [-0.39, 0.29) is 45.5 Å². The number of carbonyl (C=O) groups is 6. The van der Waals surface area contributed by atoms with Crippen LogP contribution in [0, 0.1) is 10.8 Å². The lowest BCUT2D eigenvalue weighted by Gasteiger charge is -2.28. The first-order chi connectivity index (χ1) is 20.6. The number of rotatable bonds is 2. The van der Waals surface area contributed by atoms with Crippen molar-refractivity contribution in [2.75, 3.05) is 0 Å². The van der Waals surface area contributed by atoms with Gasteiger partial charge in [0.1, 0.15) is 0 Å². The molecule has 0 saturated heterocycles. The second-order valence-electron chi connectivity index (χ2n) is 12.4. The highest BCUT2D eigenvalue weighted by Gasteiger charge is 2.32. The van der Waals surface area contributed by atoms with Crippen molar-refractivity contribution in [3.05, 3.63) is 132 Å². The maximum Gasteiger partial charge on any atom is 0.187 e. The van der Waals surface area contributed by atoms with Gasteiger partial charge in [-0.25, -0.2) is 0 Å². The number of allylic oxidation sites excluding steroid dienone is 12. The first kappa shape index (κ1) is 33.4. The standard InChI is InChI=1S/C18H12O2.C14H20O2.C6H4O2/c19-17-12-16(14-9-5-2-6-10-14)18(20)11-15(17)13-7-3-1-4-8-13;1-13(2,3)9-7-12(16)10(8-11(9)15)14(4,5)6;7-5-1-2-6(8)4-3-5/h1-12H;7-8H,1-6H3;1-4H. The molecule has 0 heterocycles. The van der Waals surface area contributed by atoms with Gasteiger partial charge in [-0.3, -0.25) is 28.8 Å². The average Bonchev–Trinajstić information content (AvgIpc) is 2.97. The molecule has 0 unspecified atom stereocenters. The molecular weight excluding hydrogens is 552 g/mol. The molecule has 3 aliphatic rings. The van der Waals surface area contributed by atoms with Crippen molar-refractivity contribution >= 4 is 45.8 Å². The van der Waals surface area contributed by atoms with Crippen LogP contribution in [0.4, 0.5) is 0 Å². The first-order valence-corrected chi connectivity index (χ1v) is 14.2. The zero-order chi connectivity index (χ0) is 32.7. The van der Waals surface area contributed by atoms with E-state index in [2.05, 4.69) is 0 Å². The smallest absolute Gasteiger partial charge is 0.187 e.